The summed E-state index contributed by atoms with van der Waals surface area (Å²) in [6, 6.07) is 0.554. The second-order valence-electron chi connectivity index (χ2n) is 4.82. The maximum atomic E-state index is 5.52. The Morgan fingerprint density at radius 1 is 1.29 bits per heavy atom. The van der Waals surface area contributed by atoms with E-state index in [0.29, 0.717) is 12.6 Å². The Morgan fingerprint density at radius 2 is 2.06 bits per heavy atom. The molecule has 0 spiro atoms. The average Bonchev–Trinajstić information content (AvgIpc) is 2.56. The molecule has 2 rings (SSSR count). The fourth-order valence-corrected chi connectivity index (χ4v) is 2.36. The van der Waals surface area contributed by atoms with Crippen LogP contribution in [0.15, 0.2) is 12.4 Å². The SMILES string of the molecule is CC1CCCCCN1c1ncc(CCN)cn1. The average molecular weight is 234 g/mol. The molecule has 4 heteroatoms. The summed E-state index contributed by atoms with van der Waals surface area (Å²) in [5.74, 6) is 0.875. The van der Waals surface area contributed by atoms with Crippen molar-refractivity contribution in [2.45, 2.75) is 45.1 Å². The first-order valence-electron chi connectivity index (χ1n) is 6.59. The third kappa shape index (κ3) is 3.16. The molecule has 1 aromatic heterocycles. The van der Waals surface area contributed by atoms with Gasteiger partial charge in [-0.2, -0.15) is 0 Å². The minimum Gasteiger partial charge on any atom is -0.338 e. The number of anilines is 1. The zero-order valence-corrected chi connectivity index (χ0v) is 10.6. The topological polar surface area (TPSA) is 55.0 Å². The van der Waals surface area contributed by atoms with Crippen molar-refractivity contribution in [3.63, 3.8) is 0 Å². The number of nitrogens with zero attached hydrogens (tertiary/aromatic N) is 3. The van der Waals surface area contributed by atoms with E-state index in [9.17, 15) is 0 Å². The lowest BCUT2D eigenvalue weighted by Crippen LogP contribution is -2.33. The predicted molar refractivity (Wildman–Crippen MR) is 70.1 cm³/mol. The smallest absolute Gasteiger partial charge is 0.225 e. The summed E-state index contributed by atoms with van der Waals surface area (Å²) in [5, 5.41) is 0. The summed E-state index contributed by atoms with van der Waals surface area (Å²) >= 11 is 0. The lowest BCUT2D eigenvalue weighted by atomic mass is 10.1. The molecule has 1 aromatic rings. The second kappa shape index (κ2) is 5.96. The lowest BCUT2D eigenvalue weighted by Gasteiger charge is -2.26. The van der Waals surface area contributed by atoms with Crippen LogP contribution in [-0.2, 0) is 6.42 Å². The summed E-state index contributed by atoms with van der Waals surface area (Å²) in [5.41, 5.74) is 6.64. The van der Waals surface area contributed by atoms with Gasteiger partial charge in [0, 0.05) is 25.0 Å². The number of rotatable bonds is 3. The highest BCUT2D eigenvalue weighted by Gasteiger charge is 2.18. The maximum absolute atomic E-state index is 5.52. The van der Waals surface area contributed by atoms with Crippen molar-refractivity contribution in [3.8, 4) is 0 Å². The van der Waals surface area contributed by atoms with Crippen molar-refractivity contribution >= 4 is 5.95 Å². The van der Waals surface area contributed by atoms with Crippen LogP contribution in [0.1, 0.15) is 38.2 Å². The third-order valence-corrected chi connectivity index (χ3v) is 3.43. The summed E-state index contributed by atoms with van der Waals surface area (Å²) in [6.45, 7) is 4.00. The molecule has 1 aliphatic heterocycles. The number of hydrogen-bond acceptors (Lipinski definition) is 4. The van der Waals surface area contributed by atoms with Gasteiger partial charge in [-0.15, -0.1) is 0 Å². The van der Waals surface area contributed by atoms with Crippen molar-refractivity contribution in [2.75, 3.05) is 18.0 Å². The van der Waals surface area contributed by atoms with E-state index in [0.717, 1.165) is 24.5 Å². The molecule has 1 fully saturated rings. The van der Waals surface area contributed by atoms with E-state index in [2.05, 4.69) is 21.8 Å². The van der Waals surface area contributed by atoms with Gasteiger partial charge in [0.1, 0.15) is 0 Å². The van der Waals surface area contributed by atoms with Crippen LogP contribution in [0.4, 0.5) is 5.95 Å². The van der Waals surface area contributed by atoms with Gasteiger partial charge in [0.15, 0.2) is 0 Å². The lowest BCUT2D eigenvalue weighted by molar-refractivity contribution is 0.604. The van der Waals surface area contributed by atoms with Crippen molar-refractivity contribution in [1.29, 1.82) is 0 Å². The van der Waals surface area contributed by atoms with Crippen molar-refractivity contribution in [3.05, 3.63) is 18.0 Å². The Kier molecular flexibility index (Phi) is 4.31. The van der Waals surface area contributed by atoms with Gasteiger partial charge in [0.05, 0.1) is 0 Å². The molecular formula is C13H22N4. The quantitative estimate of drug-likeness (QED) is 0.865. The first-order chi connectivity index (χ1) is 8.31. The van der Waals surface area contributed by atoms with Crippen LogP contribution in [0.5, 0.6) is 0 Å². The molecular weight excluding hydrogens is 212 g/mol. The van der Waals surface area contributed by atoms with E-state index >= 15 is 0 Å². The number of nitrogens with two attached hydrogens (primary N) is 1. The van der Waals surface area contributed by atoms with E-state index in [4.69, 9.17) is 5.73 Å². The van der Waals surface area contributed by atoms with Crippen LogP contribution in [0.3, 0.4) is 0 Å². The molecule has 4 nitrogen and oxygen atoms in total. The first-order valence-corrected chi connectivity index (χ1v) is 6.59. The van der Waals surface area contributed by atoms with Crippen molar-refractivity contribution < 1.29 is 0 Å². The van der Waals surface area contributed by atoms with Gasteiger partial charge < -0.3 is 10.6 Å². The third-order valence-electron chi connectivity index (χ3n) is 3.43. The van der Waals surface area contributed by atoms with Gasteiger partial charge in [-0.25, -0.2) is 9.97 Å². The van der Waals surface area contributed by atoms with Gasteiger partial charge in [0.2, 0.25) is 5.95 Å². The fourth-order valence-electron chi connectivity index (χ4n) is 2.36. The van der Waals surface area contributed by atoms with Crippen LogP contribution < -0.4 is 10.6 Å². The molecule has 0 radical (unpaired) electrons. The molecule has 0 aliphatic carbocycles. The maximum Gasteiger partial charge on any atom is 0.225 e. The molecule has 1 atom stereocenters. The Bertz CT molecular complexity index is 336. The van der Waals surface area contributed by atoms with Crippen LogP contribution in [0, 0.1) is 0 Å². The van der Waals surface area contributed by atoms with E-state index in [1.807, 2.05) is 12.4 Å². The molecule has 0 bridgehead atoms. The fraction of sp³-hybridized carbons (Fsp3) is 0.692. The summed E-state index contributed by atoms with van der Waals surface area (Å²) in [6.07, 6.45) is 9.82. The molecule has 1 unspecified atom stereocenters. The molecule has 94 valence electrons. The predicted octanol–water partition coefficient (Wildman–Crippen LogP) is 1.75. The highest BCUT2D eigenvalue weighted by atomic mass is 15.3. The monoisotopic (exact) mass is 234 g/mol. The molecule has 17 heavy (non-hydrogen) atoms. The zero-order chi connectivity index (χ0) is 12.1. The standard InChI is InChI=1S/C13H22N4/c1-11-5-3-2-4-8-17(11)13-15-9-12(6-7-14)10-16-13/h9-11H,2-8,14H2,1H3. The normalized spacial score (nSPS) is 21.3. The van der Waals surface area contributed by atoms with Gasteiger partial charge in [-0.05, 0) is 38.3 Å². The second-order valence-corrected chi connectivity index (χ2v) is 4.82. The molecule has 2 heterocycles. The first kappa shape index (κ1) is 12.3. The van der Waals surface area contributed by atoms with Gasteiger partial charge in [0.25, 0.3) is 0 Å². The van der Waals surface area contributed by atoms with Crippen LogP contribution in [0.25, 0.3) is 0 Å². The minimum atomic E-state index is 0.554. The molecule has 2 N–H and O–H groups in total. The number of aromatic nitrogens is 2. The van der Waals surface area contributed by atoms with Crippen LogP contribution in [0.2, 0.25) is 0 Å². The molecule has 0 aromatic carbocycles. The molecule has 0 amide bonds. The van der Waals surface area contributed by atoms with Crippen molar-refractivity contribution in [1.82, 2.24) is 9.97 Å². The van der Waals surface area contributed by atoms with E-state index in [1.54, 1.807) is 0 Å². The van der Waals surface area contributed by atoms with Gasteiger partial charge >= 0.3 is 0 Å². The Morgan fingerprint density at radius 3 is 2.76 bits per heavy atom. The van der Waals surface area contributed by atoms with E-state index in [1.165, 1.54) is 25.7 Å². The zero-order valence-electron chi connectivity index (χ0n) is 10.6. The van der Waals surface area contributed by atoms with E-state index < -0.39 is 0 Å². The Balaban J connectivity index is 2.09. The molecule has 1 saturated heterocycles. The minimum absolute atomic E-state index is 0.554. The Labute approximate surface area is 103 Å². The number of hydrogen-bond donors (Lipinski definition) is 1. The molecule has 0 saturated carbocycles. The van der Waals surface area contributed by atoms with Crippen molar-refractivity contribution in [2.24, 2.45) is 5.73 Å². The van der Waals surface area contributed by atoms with Crippen LogP contribution >= 0.6 is 0 Å². The summed E-state index contributed by atoms with van der Waals surface area (Å²) in [4.78, 5) is 11.3. The molecule has 1 aliphatic rings. The largest absolute Gasteiger partial charge is 0.338 e. The van der Waals surface area contributed by atoms with E-state index in [-0.39, 0.29) is 0 Å². The Hall–Kier alpha value is -1.16. The van der Waals surface area contributed by atoms with Crippen LogP contribution in [-0.4, -0.2) is 29.1 Å². The highest BCUT2D eigenvalue weighted by molar-refractivity contribution is 5.31. The summed E-state index contributed by atoms with van der Waals surface area (Å²) in [7, 11) is 0. The summed E-state index contributed by atoms with van der Waals surface area (Å²) < 4.78 is 0. The van der Waals surface area contributed by atoms with Gasteiger partial charge in [-0.1, -0.05) is 12.8 Å². The highest BCUT2D eigenvalue weighted by Crippen LogP contribution is 2.20. The van der Waals surface area contributed by atoms with Gasteiger partial charge in [-0.3, -0.25) is 0 Å².